The molecule has 0 saturated heterocycles. The predicted octanol–water partition coefficient (Wildman–Crippen LogP) is 1.94. The van der Waals surface area contributed by atoms with Crippen molar-refractivity contribution in [2.75, 3.05) is 13.2 Å². The number of carboxylic acids is 1. The molecule has 26 heavy (non-hydrogen) atoms. The second-order valence-electron chi connectivity index (χ2n) is 5.50. The van der Waals surface area contributed by atoms with E-state index < -0.39 is 17.9 Å². The van der Waals surface area contributed by atoms with Crippen molar-refractivity contribution in [3.63, 3.8) is 0 Å². The molecule has 0 aliphatic rings. The lowest BCUT2D eigenvalue weighted by molar-refractivity contribution is -0.144. The summed E-state index contributed by atoms with van der Waals surface area (Å²) in [6.07, 6.45) is 2.12. The number of ether oxygens (including phenoxy) is 2. The Bertz CT molecular complexity index is 621. The van der Waals surface area contributed by atoms with E-state index in [9.17, 15) is 19.2 Å². The molecule has 0 spiro atoms. The standard InChI is InChI=1S/C18H22O8/c19-11-3-4-12-25-15(20)5-1-2-6-16(21)26-18(24)14-9-7-13(8-10-14)17(22)23/h7-10,19H,1-6,11-12H2,(H,22,23). The van der Waals surface area contributed by atoms with Crippen LogP contribution >= 0.6 is 0 Å². The first-order valence-corrected chi connectivity index (χ1v) is 8.29. The molecule has 0 radical (unpaired) electrons. The number of carbonyl (C=O) groups is 4. The van der Waals surface area contributed by atoms with E-state index in [0.717, 1.165) is 0 Å². The van der Waals surface area contributed by atoms with E-state index in [4.69, 9.17) is 14.9 Å². The summed E-state index contributed by atoms with van der Waals surface area (Å²) in [4.78, 5) is 45.5. The third-order valence-electron chi connectivity index (χ3n) is 3.40. The first-order valence-electron chi connectivity index (χ1n) is 8.29. The SMILES string of the molecule is O=C(CCCCC(=O)OC(=O)c1ccc(C(=O)O)cc1)OCCCCO. The van der Waals surface area contributed by atoms with Gasteiger partial charge in [-0.3, -0.25) is 9.59 Å². The van der Waals surface area contributed by atoms with Crippen molar-refractivity contribution in [2.45, 2.75) is 38.5 Å². The highest BCUT2D eigenvalue weighted by Gasteiger charge is 2.14. The van der Waals surface area contributed by atoms with E-state index in [2.05, 4.69) is 4.74 Å². The van der Waals surface area contributed by atoms with Gasteiger partial charge in [0.2, 0.25) is 0 Å². The topological polar surface area (TPSA) is 127 Å². The maximum atomic E-state index is 11.8. The molecule has 2 N–H and O–H groups in total. The maximum Gasteiger partial charge on any atom is 0.345 e. The van der Waals surface area contributed by atoms with Crippen molar-refractivity contribution < 1.29 is 38.9 Å². The van der Waals surface area contributed by atoms with Gasteiger partial charge in [0.05, 0.1) is 17.7 Å². The van der Waals surface area contributed by atoms with Crippen LogP contribution in [0.15, 0.2) is 24.3 Å². The van der Waals surface area contributed by atoms with E-state index in [1.807, 2.05) is 0 Å². The highest BCUT2D eigenvalue weighted by atomic mass is 16.6. The second-order valence-corrected chi connectivity index (χ2v) is 5.50. The molecule has 8 heteroatoms. The largest absolute Gasteiger partial charge is 0.478 e. The highest BCUT2D eigenvalue weighted by Crippen LogP contribution is 2.08. The Labute approximate surface area is 150 Å². The van der Waals surface area contributed by atoms with E-state index in [0.29, 0.717) is 25.7 Å². The van der Waals surface area contributed by atoms with Crippen LogP contribution in [0.3, 0.4) is 0 Å². The molecule has 0 aliphatic carbocycles. The van der Waals surface area contributed by atoms with Crippen LogP contribution in [-0.4, -0.2) is 47.3 Å². The summed E-state index contributed by atoms with van der Waals surface area (Å²) in [5.41, 5.74) is 0.103. The summed E-state index contributed by atoms with van der Waals surface area (Å²) in [5.74, 6) is -3.05. The molecule has 0 amide bonds. The third-order valence-corrected chi connectivity index (χ3v) is 3.40. The van der Waals surface area contributed by atoms with E-state index in [-0.39, 0.29) is 43.2 Å². The lowest BCUT2D eigenvalue weighted by atomic mass is 10.1. The van der Waals surface area contributed by atoms with Gasteiger partial charge in [-0.25, -0.2) is 9.59 Å². The zero-order valence-electron chi connectivity index (χ0n) is 14.3. The molecule has 1 aromatic rings. The minimum Gasteiger partial charge on any atom is -0.478 e. The van der Waals surface area contributed by atoms with Gasteiger partial charge in [-0.15, -0.1) is 0 Å². The molecule has 0 saturated carbocycles. The molecule has 1 aromatic carbocycles. The monoisotopic (exact) mass is 366 g/mol. The molecule has 0 aliphatic heterocycles. The number of carboxylic acid groups (broad SMARTS) is 1. The summed E-state index contributed by atoms with van der Waals surface area (Å²) < 4.78 is 9.61. The van der Waals surface area contributed by atoms with Crippen molar-refractivity contribution in [2.24, 2.45) is 0 Å². The van der Waals surface area contributed by atoms with Crippen LogP contribution < -0.4 is 0 Å². The third kappa shape index (κ3) is 8.39. The number of unbranched alkanes of at least 4 members (excludes halogenated alkanes) is 2. The van der Waals surface area contributed by atoms with Gasteiger partial charge in [-0.1, -0.05) is 0 Å². The van der Waals surface area contributed by atoms with E-state index >= 15 is 0 Å². The van der Waals surface area contributed by atoms with Gasteiger partial charge in [0.1, 0.15) is 0 Å². The molecular formula is C18H22O8. The molecule has 0 heterocycles. The Balaban J connectivity index is 2.22. The van der Waals surface area contributed by atoms with Crippen LogP contribution in [-0.2, 0) is 19.1 Å². The maximum absolute atomic E-state index is 11.8. The Hall–Kier alpha value is -2.74. The fraction of sp³-hybridized carbons (Fsp3) is 0.444. The van der Waals surface area contributed by atoms with Crippen LogP contribution in [0.4, 0.5) is 0 Å². The second kappa shape index (κ2) is 11.8. The molecule has 0 fully saturated rings. The van der Waals surface area contributed by atoms with Crippen molar-refractivity contribution in [1.82, 2.24) is 0 Å². The fourth-order valence-electron chi connectivity index (χ4n) is 1.97. The predicted molar refractivity (Wildman–Crippen MR) is 89.6 cm³/mol. The minimum absolute atomic E-state index is 0.0171. The van der Waals surface area contributed by atoms with Gasteiger partial charge in [0.25, 0.3) is 0 Å². The quantitative estimate of drug-likeness (QED) is 0.345. The van der Waals surface area contributed by atoms with Crippen molar-refractivity contribution in [1.29, 1.82) is 0 Å². The number of hydrogen-bond donors (Lipinski definition) is 2. The molecular weight excluding hydrogens is 344 g/mol. The van der Waals surface area contributed by atoms with Crippen LogP contribution in [0.5, 0.6) is 0 Å². The molecule has 0 atom stereocenters. The van der Waals surface area contributed by atoms with Gasteiger partial charge in [0.15, 0.2) is 0 Å². The number of aromatic carboxylic acids is 1. The Morgan fingerprint density at radius 2 is 1.38 bits per heavy atom. The number of rotatable bonds is 11. The number of aliphatic hydroxyl groups is 1. The molecule has 0 bridgehead atoms. The van der Waals surface area contributed by atoms with Gasteiger partial charge >= 0.3 is 23.9 Å². The van der Waals surface area contributed by atoms with Gasteiger partial charge < -0.3 is 19.7 Å². The lowest BCUT2D eigenvalue weighted by Crippen LogP contribution is -2.13. The van der Waals surface area contributed by atoms with Crippen molar-refractivity contribution in [3.8, 4) is 0 Å². The van der Waals surface area contributed by atoms with Crippen molar-refractivity contribution >= 4 is 23.9 Å². The van der Waals surface area contributed by atoms with E-state index in [1.165, 1.54) is 24.3 Å². The zero-order valence-corrected chi connectivity index (χ0v) is 14.3. The average molecular weight is 366 g/mol. The Morgan fingerprint density at radius 1 is 0.808 bits per heavy atom. The summed E-state index contributed by atoms with van der Waals surface area (Å²) >= 11 is 0. The Kier molecular flexibility index (Phi) is 9.63. The van der Waals surface area contributed by atoms with Gasteiger partial charge in [-0.05, 0) is 49.9 Å². The lowest BCUT2D eigenvalue weighted by Gasteiger charge is -2.05. The smallest absolute Gasteiger partial charge is 0.345 e. The summed E-state index contributed by atoms with van der Waals surface area (Å²) in [6, 6.07) is 5.03. The normalized spacial score (nSPS) is 10.2. The number of aliphatic hydroxyl groups excluding tert-OH is 1. The number of benzene rings is 1. The number of hydrogen-bond acceptors (Lipinski definition) is 7. The molecule has 0 aromatic heterocycles. The minimum atomic E-state index is -1.12. The average Bonchev–Trinajstić information content (AvgIpc) is 2.62. The molecule has 0 unspecified atom stereocenters. The van der Waals surface area contributed by atoms with Crippen LogP contribution in [0.25, 0.3) is 0 Å². The number of carbonyl (C=O) groups excluding carboxylic acids is 3. The molecule has 142 valence electrons. The van der Waals surface area contributed by atoms with Gasteiger partial charge in [-0.2, -0.15) is 0 Å². The fourth-order valence-corrected chi connectivity index (χ4v) is 1.97. The van der Waals surface area contributed by atoms with Crippen LogP contribution in [0, 0.1) is 0 Å². The van der Waals surface area contributed by atoms with E-state index in [1.54, 1.807) is 0 Å². The molecule has 1 rings (SSSR count). The zero-order chi connectivity index (χ0) is 19.4. The van der Waals surface area contributed by atoms with Crippen LogP contribution in [0.1, 0.15) is 59.2 Å². The van der Waals surface area contributed by atoms with Gasteiger partial charge in [0, 0.05) is 19.4 Å². The summed E-state index contributed by atoms with van der Waals surface area (Å²) in [7, 11) is 0. The summed E-state index contributed by atoms with van der Waals surface area (Å²) in [6.45, 7) is 0.318. The number of esters is 3. The van der Waals surface area contributed by atoms with Crippen molar-refractivity contribution in [3.05, 3.63) is 35.4 Å². The first kappa shape index (κ1) is 21.3. The Morgan fingerprint density at radius 3 is 1.96 bits per heavy atom. The molecule has 8 nitrogen and oxygen atoms in total. The highest BCUT2D eigenvalue weighted by molar-refractivity contribution is 5.97. The first-order chi connectivity index (χ1) is 12.4. The summed E-state index contributed by atoms with van der Waals surface area (Å²) in [5, 5.41) is 17.4. The van der Waals surface area contributed by atoms with Crippen LogP contribution in [0.2, 0.25) is 0 Å².